The summed E-state index contributed by atoms with van der Waals surface area (Å²) in [7, 11) is 0. The molecule has 0 bridgehead atoms. The first-order chi connectivity index (χ1) is 14.8. The zero-order chi connectivity index (χ0) is 23.0. The second-order valence-corrected chi connectivity index (χ2v) is 9.71. The molecule has 0 aliphatic heterocycles. The topological polar surface area (TPSA) is 52.2 Å². The summed E-state index contributed by atoms with van der Waals surface area (Å²) in [6, 6.07) is 12.1. The lowest BCUT2D eigenvalue weighted by molar-refractivity contribution is 0.0370. The van der Waals surface area contributed by atoms with Crippen LogP contribution in [0.1, 0.15) is 59.6 Å². The highest BCUT2D eigenvalue weighted by Gasteiger charge is 2.21. The summed E-state index contributed by atoms with van der Waals surface area (Å²) in [4.78, 5) is 12.8. The largest absolute Gasteiger partial charge is 0.389 e. The highest BCUT2D eigenvalue weighted by atomic mass is 35.5. The zero-order valence-electron chi connectivity index (χ0n) is 19.6. The maximum Gasteiger partial charge on any atom is 0.138 e. The number of benzene rings is 1. The third-order valence-corrected chi connectivity index (χ3v) is 6.42. The van der Waals surface area contributed by atoms with Gasteiger partial charge in [0.1, 0.15) is 5.65 Å². The van der Waals surface area contributed by atoms with Crippen molar-refractivity contribution in [3.05, 3.63) is 53.3 Å². The van der Waals surface area contributed by atoms with Crippen LogP contribution in [-0.4, -0.2) is 45.2 Å². The summed E-state index contributed by atoms with van der Waals surface area (Å²) >= 11 is 7.81. The molecule has 3 aromatic rings. The van der Waals surface area contributed by atoms with Gasteiger partial charge in [-0.2, -0.15) is 0 Å². The molecule has 2 heterocycles. The Morgan fingerprint density at radius 1 is 1.19 bits per heavy atom. The van der Waals surface area contributed by atoms with Gasteiger partial charge in [-0.05, 0) is 75.7 Å². The van der Waals surface area contributed by atoms with Crippen molar-refractivity contribution < 1.29 is 5.11 Å². The Labute approximate surface area is 196 Å². The van der Waals surface area contributed by atoms with E-state index in [1.54, 1.807) is 11.8 Å². The maximum absolute atomic E-state index is 10.2. The number of hydrogen-bond acceptors (Lipinski definition) is 4. The van der Waals surface area contributed by atoms with Crippen molar-refractivity contribution in [3.63, 3.8) is 0 Å². The third-order valence-electron chi connectivity index (χ3n) is 5.01. The summed E-state index contributed by atoms with van der Waals surface area (Å²) in [5.41, 5.74) is 1.47. The number of halogens is 1. The van der Waals surface area contributed by atoms with Crippen molar-refractivity contribution in [2.45, 2.75) is 69.3 Å². The molecule has 0 radical (unpaired) electrons. The number of pyridine rings is 1. The van der Waals surface area contributed by atoms with Gasteiger partial charge in [-0.25, -0.2) is 4.98 Å². The standard InChI is InChI=1S/C23H30ClN3OS.C2H6/c1-5-27(15-23(3,4)28)14-12-16(2)20-21(19-7-6-13-25-22(19)26-20)29-18-10-8-17(24)9-11-18;1-2/h6-11,13,16,28H,5,12,14-15H2,1-4H3,(H,25,26);1-2H3. The van der Waals surface area contributed by atoms with Gasteiger partial charge in [0.2, 0.25) is 0 Å². The van der Waals surface area contributed by atoms with Gasteiger partial charge in [0.25, 0.3) is 0 Å². The van der Waals surface area contributed by atoms with Gasteiger partial charge in [0.15, 0.2) is 0 Å². The van der Waals surface area contributed by atoms with Crippen LogP contribution in [0.2, 0.25) is 5.02 Å². The summed E-state index contributed by atoms with van der Waals surface area (Å²) in [5, 5.41) is 12.1. The number of fused-ring (bicyclic) bond motifs is 1. The van der Waals surface area contributed by atoms with Crippen molar-refractivity contribution in [2.24, 2.45) is 0 Å². The van der Waals surface area contributed by atoms with E-state index < -0.39 is 5.60 Å². The molecule has 0 amide bonds. The highest BCUT2D eigenvalue weighted by molar-refractivity contribution is 7.99. The first-order valence-electron chi connectivity index (χ1n) is 11.1. The van der Waals surface area contributed by atoms with Crippen LogP contribution >= 0.6 is 23.4 Å². The molecule has 0 aliphatic carbocycles. The summed E-state index contributed by atoms with van der Waals surface area (Å²) in [5.74, 6) is 0.342. The van der Waals surface area contributed by atoms with Crippen molar-refractivity contribution >= 4 is 34.4 Å². The van der Waals surface area contributed by atoms with Crippen LogP contribution in [0.15, 0.2) is 52.4 Å². The number of H-pyrrole nitrogens is 1. The van der Waals surface area contributed by atoms with Crippen LogP contribution in [0.3, 0.4) is 0 Å². The number of aromatic amines is 1. The number of hydrogen-bond donors (Lipinski definition) is 2. The van der Waals surface area contributed by atoms with Crippen LogP contribution in [0.4, 0.5) is 0 Å². The van der Waals surface area contributed by atoms with Gasteiger partial charge >= 0.3 is 0 Å². The lowest BCUT2D eigenvalue weighted by Gasteiger charge is -2.28. The van der Waals surface area contributed by atoms with E-state index in [0.29, 0.717) is 12.5 Å². The van der Waals surface area contributed by atoms with Crippen LogP contribution in [0.5, 0.6) is 0 Å². The van der Waals surface area contributed by atoms with Crippen molar-refractivity contribution in [2.75, 3.05) is 19.6 Å². The number of nitrogens with one attached hydrogen (secondary N) is 1. The maximum atomic E-state index is 10.2. The molecule has 2 aromatic heterocycles. The van der Waals surface area contributed by atoms with E-state index in [2.05, 4.69) is 46.9 Å². The van der Waals surface area contributed by atoms with Crippen LogP contribution in [-0.2, 0) is 0 Å². The molecule has 170 valence electrons. The lowest BCUT2D eigenvalue weighted by Crippen LogP contribution is -2.39. The molecule has 6 heteroatoms. The van der Waals surface area contributed by atoms with E-state index in [9.17, 15) is 5.11 Å². The van der Waals surface area contributed by atoms with Gasteiger partial charge in [0, 0.05) is 38.6 Å². The van der Waals surface area contributed by atoms with Crippen LogP contribution in [0.25, 0.3) is 11.0 Å². The number of rotatable bonds is 9. The molecule has 31 heavy (non-hydrogen) atoms. The fraction of sp³-hybridized carbons (Fsp3) is 0.480. The molecule has 2 N–H and O–H groups in total. The Bertz CT molecular complexity index is 934. The zero-order valence-corrected chi connectivity index (χ0v) is 21.1. The minimum Gasteiger partial charge on any atom is -0.389 e. The van der Waals surface area contributed by atoms with E-state index in [-0.39, 0.29) is 0 Å². The molecule has 0 aliphatic rings. The minimum atomic E-state index is -0.681. The Morgan fingerprint density at radius 3 is 2.48 bits per heavy atom. The highest BCUT2D eigenvalue weighted by Crippen LogP contribution is 2.40. The fourth-order valence-corrected chi connectivity index (χ4v) is 4.78. The molecule has 1 aromatic carbocycles. The van der Waals surface area contributed by atoms with Crippen molar-refractivity contribution in [3.8, 4) is 0 Å². The molecular weight excluding hydrogens is 426 g/mol. The van der Waals surface area contributed by atoms with Crippen molar-refractivity contribution in [1.82, 2.24) is 14.9 Å². The van der Waals surface area contributed by atoms with E-state index in [4.69, 9.17) is 11.6 Å². The summed E-state index contributed by atoms with van der Waals surface area (Å²) in [6.45, 7) is 14.7. The molecule has 0 saturated heterocycles. The quantitative estimate of drug-likeness (QED) is 0.361. The number of likely N-dealkylation sites (N-methyl/N-ethyl adjacent to an activating group) is 1. The molecule has 0 spiro atoms. The van der Waals surface area contributed by atoms with Gasteiger partial charge in [-0.15, -0.1) is 0 Å². The second-order valence-electron chi connectivity index (χ2n) is 8.19. The van der Waals surface area contributed by atoms with E-state index in [1.165, 1.54) is 10.6 Å². The molecule has 0 saturated carbocycles. The van der Waals surface area contributed by atoms with Crippen LogP contribution in [0, 0.1) is 0 Å². The Morgan fingerprint density at radius 2 is 1.87 bits per heavy atom. The normalized spacial score (nSPS) is 12.7. The predicted octanol–water partition coefficient (Wildman–Crippen LogP) is 6.98. The molecule has 3 rings (SSSR count). The Balaban J connectivity index is 0.00000166. The molecular formula is C25H36ClN3OS. The average Bonchev–Trinajstić information content (AvgIpc) is 3.11. The van der Waals surface area contributed by atoms with Gasteiger partial charge in [-0.3, -0.25) is 0 Å². The smallest absolute Gasteiger partial charge is 0.138 e. The van der Waals surface area contributed by atoms with Gasteiger partial charge in [0.05, 0.1) is 5.60 Å². The number of nitrogens with zero attached hydrogens (tertiary/aromatic N) is 2. The first kappa shape index (κ1) is 25.7. The minimum absolute atomic E-state index is 0.342. The molecule has 1 atom stereocenters. The molecule has 1 unspecified atom stereocenters. The van der Waals surface area contributed by atoms with E-state index in [1.807, 2.05) is 52.1 Å². The van der Waals surface area contributed by atoms with Crippen LogP contribution < -0.4 is 0 Å². The van der Waals surface area contributed by atoms with E-state index in [0.717, 1.165) is 40.5 Å². The van der Waals surface area contributed by atoms with Crippen molar-refractivity contribution in [1.29, 1.82) is 0 Å². The first-order valence-corrected chi connectivity index (χ1v) is 12.3. The van der Waals surface area contributed by atoms with E-state index >= 15 is 0 Å². The Kier molecular flexibility index (Phi) is 9.89. The SMILES string of the molecule is CC.CCN(CCC(C)c1[nH]c2ncccc2c1Sc1ccc(Cl)cc1)CC(C)(C)O. The lowest BCUT2D eigenvalue weighted by atomic mass is 10.0. The molecule has 0 fully saturated rings. The fourth-order valence-electron chi connectivity index (χ4n) is 3.51. The summed E-state index contributed by atoms with van der Waals surface area (Å²) in [6.07, 6.45) is 2.83. The Hall–Kier alpha value is -1.53. The van der Waals surface area contributed by atoms with Gasteiger partial charge in [-0.1, -0.05) is 51.1 Å². The van der Waals surface area contributed by atoms with Gasteiger partial charge < -0.3 is 15.0 Å². The number of aliphatic hydroxyl groups is 1. The average molecular weight is 462 g/mol. The second kappa shape index (κ2) is 11.9. The molecule has 4 nitrogen and oxygen atoms in total. The summed E-state index contributed by atoms with van der Waals surface area (Å²) < 4.78 is 0. The monoisotopic (exact) mass is 461 g/mol. The predicted molar refractivity (Wildman–Crippen MR) is 134 cm³/mol. The third kappa shape index (κ3) is 7.53. The number of aromatic nitrogens is 2.